The summed E-state index contributed by atoms with van der Waals surface area (Å²) < 4.78 is 0. The summed E-state index contributed by atoms with van der Waals surface area (Å²) in [6.45, 7) is 3.28. The molecule has 11 nitrogen and oxygen atoms in total. The molecule has 12 heteroatoms. The van der Waals surface area contributed by atoms with Gasteiger partial charge in [-0.3, -0.25) is 14.4 Å². The predicted octanol–water partition coefficient (Wildman–Crippen LogP) is -0.751. The highest BCUT2D eigenvalue weighted by Gasteiger charge is 2.29. The standard InChI is InChI=1S/C19H32N6O5S/c1-4-11(2)16(18(28)24-14(19(29)30)5-6-31-3)25-15(26)9-22-17(27)13(20)7-12-8-21-10-23-12/h8,10-11,13-14,16H,4-7,9,20H2,1-3H3,(H,21,23)(H,22,27)(H,24,28)(H,25,26)(H,29,30). The normalized spacial score (nSPS) is 14.7. The minimum absolute atomic E-state index is 0.234. The van der Waals surface area contributed by atoms with Crippen molar-refractivity contribution >= 4 is 35.5 Å². The highest BCUT2D eigenvalue weighted by atomic mass is 32.2. The van der Waals surface area contributed by atoms with E-state index in [0.29, 0.717) is 17.9 Å². The molecule has 0 spiro atoms. The zero-order chi connectivity index (χ0) is 23.4. The molecule has 1 aromatic rings. The number of H-pyrrole nitrogens is 1. The summed E-state index contributed by atoms with van der Waals surface area (Å²) in [5, 5.41) is 16.8. The van der Waals surface area contributed by atoms with E-state index in [0.717, 1.165) is 0 Å². The number of amides is 3. The second-order valence-electron chi connectivity index (χ2n) is 7.22. The van der Waals surface area contributed by atoms with E-state index < -0.39 is 41.8 Å². The maximum atomic E-state index is 12.7. The lowest BCUT2D eigenvalue weighted by Gasteiger charge is -2.25. The number of nitrogens with one attached hydrogen (secondary N) is 4. The highest BCUT2D eigenvalue weighted by Crippen LogP contribution is 2.09. The second kappa shape index (κ2) is 13.7. The molecule has 0 aliphatic heterocycles. The van der Waals surface area contributed by atoms with Crippen molar-refractivity contribution in [2.24, 2.45) is 11.7 Å². The van der Waals surface area contributed by atoms with Gasteiger partial charge >= 0.3 is 5.97 Å². The number of carbonyl (C=O) groups is 4. The van der Waals surface area contributed by atoms with Crippen molar-refractivity contribution in [1.29, 1.82) is 0 Å². The predicted molar refractivity (Wildman–Crippen MR) is 117 cm³/mol. The van der Waals surface area contributed by atoms with Crippen LogP contribution in [0.15, 0.2) is 12.5 Å². The van der Waals surface area contributed by atoms with Crippen LogP contribution in [0.2, 0.25) is 0 Å². The van der Waals surface area contributed by atoms with Crippen LogP contribution in [0.1, 0.15) is 32.4 Å². The van der Waals surface area contributed by atoms with Gasteiger partial charge in [0.2, 0.25) is 17.7 Å². The van der Waals surface area contributed by atoms with Gasteiger partial charge in [-0.15, -0.1) is 0 Å². The van der Waals surface area contributed by atoms with E-state index in [1.54, 1.807) is 13.1 Å². The van der Waals surface area contributed by atoms with Crippen LogP contribution >= 0.6 is 11.8 Å². The summed E-state index contributed by atoms with van der Waals surface area (Å²) in [7, 11) is 0. The molecule has 174 valence electrons. The molecular formula is C19H32N6O5S. The Bertz CT molecular complexity index is 729. The fourth-order valence-corrected chi connectivity index (χ4v) is 3.18. The van der Waals surface area contributed by atoms with Gasteiger partial charge in [0.15, 0.2) is 0 Å². The van der Waals surface area contributed by atoms with Gasteiger partial charge in [0.1, 0.15) is 12.1 Å². The van der Waals surface area contributed by atoms with Crippen LogP contribution < -0.4 is 21.7 Å². The van der Waals surface area contributed by atoms with Crippen LogP contribution in [-0.4, -0.2) is 75.4 Å². The van der Waals surface area contributed by atoms with Crippen LogP contribution in [0.3, 0.4) is 0 Å². The van der Waals surface area contributed by atoms with E-state index in [9.17, 15) is 24.3 Å². The van der Waals surface area contributed by atoms with Crippen LogP contribution in [0.5, 0.6) is 0 Å². The fraction of sp³-hybridized carbons (Fsp3) is 0.632. The van der Waals surface area contributed by atoms with Crippen molar-refractivity contribution in [3.8, 4) is 0 Å². The Morgan fingerprint density at radius 3 is 2.52 bits per heavy atom. The molecule has 0 saturated heterocycles. The fourth-order valence-electron chi connectivity index (χ4n) is 2.71. The quantitative estimate of drug-likeness (QED) is 0.211. The topological polar surface area (TPSA) is 179 Å². The van der Waals surface area contributed by atoms with Gasteiger partial charge in [-0.2, -0.15) is 11.8 Å². The monoisotopic (exact) mass is 456 g/mol. The van der Waals surface area contributed by atoms with Gasteiger partial charge in [-0.25, -0.2) is 9.78 Å². The van der Waals surface area contributed by atoms with Crippen molar-refractivity contribution in [3.63, 3.8) is 0 Å². The van der Waals surface area contributed by atoms with Gasteiger partial charge in [0, 0.05) is 18.3 Å². The number of nitrogens with two attached hydrogens (primary N) is 1. The van der Waals surface area contributed by atoms with E-state index in [2.05, 4.69) is 25.9 Å². The molecule has 7 N–H and O–H groups in total. The summed E-state index contributed by atoms with van der Waals surface area (Å²) in [5.41, 5.74) is 6.51. The van der Waals surface area contributed by atoms with Crippen molar-refractivity contribution in [3.05, 3.63) is 18.2 Å². The van der Waals surface area contributed by atoms with E-state index in [4.69, 9.17) is 5.73 Å². The highest BCUT2D eigenvalue weighted by molar-refractivity contribution is 7.98. The van der Waals surface area contributed by atoms with Gasteiger partial charge in [-0.1, -0.05) is 20.3 Å². The number of imidazole rings is 1. The van der Waals surface area contributed by atoms with E-state index in [-0.39, 0.29) is 25.3 Å². The molecule has 0 aliphatic carbocycles. The number of thioether (sulfide) groups is 1. The van der Waals surface area contributed by atoms with E-state index in [1.807, 2.05) is 13.2 Å². The summed E-state index contributed by atoms with van der Waals surface area (Å²) in [6.07, 6.45) is 5.97. The first-order valence-electron chi connectivity index (χ1n) is 10.0. The third-order valence-corrected chi connectivity index (χ3v) is 5.44. The lowest BCUT2D eigenvalue weighted by atomic mass is 9.97. The molecule has 1 aromatic heterocycles. The van der Waals surface area contributed by atoms with Crippen molar-refractivity contribution in [2.75, 3.05) is 18.6 Å². The second-order valence-corrected chi connectivity index (χ2v) is 8.20. The van der Waals surface area contributed by atoms with Gasteiger partial charge in [0.25, 0.3) is 0 Å². The first-order chi connectivity index (χ1) is 14.7. The molecule has 0 radical (unpaired) electrons. The molecule has 4 atom stereocenters. The van der Waals surface area contributed by atoms with Crippen LogP contribution in [0, 0.1) is 5.92 Å². The zero-order valence-electron chi connectivity index (χ0n) is 18.0. The Morgan fingerprint density at radius 2 is 1.97 bits per heavy atom. The van der Waals surface area contributed by atoms with Crippen LogP contribution in [0.25, 0.3) is 0 Å². The summed E-state index contributed by atoms with van der Waals surface area (Å²) in [4.78, 5) is 55.2. The third-order valence-electron chi connectivity index (χ3n) is 4.79. The average molecular weight is 457 g/mol. The van der Waals surface area contributed by atoms with E-state index >= 15 is 0 Å². The molecule has 4 unspecified atom stereocenters. The Morgan fingerprint density at radius 1 is 1.26 bits per heavy atom. The minimum Gasteiger partial charge on any atom is -0.480 e. The van der Waals surface area contributed by atoms with Gasteiger partial charge < -0.3 is 31.8 Å². The molecule has 3 amide bonds. The Hall–Kier alpha value is -2.60. The Labute approximate surface area is 185 Å². The number of hydrogen-bond acceptors (Lipinski definition) is 7. The number of aliphatic carboxylic acids is 1. The summed E-state index contributed by atoms with van der Waals surface area (Å²) >= 11 is 1.48. The number of nitrogens with zero attached hydrogens (tertiary/aromatic N) is 1. The zero-order valence-corrected chi connectivity index (χ0v) is 18.8. The maximum absolute atomic E-state index is 12.7. The van der Waals surface area contributed by atoms with Crippen molar-refractivity contribution in [2.45, 2.75) is 51.2 Å². The molecule has 31 heavy (non-hydrogen) atoms. The molecule has 1 rings (SSSR count). The largest absolute Gasteiger partial charge is 0.480 e. The number of aromatic nitrogens is 2. The number of carboxylic acids is 1. The van der Waals surface area contributed by atoms with Crippen LogP contribution in [-0.2, 0) is 25.6 Å². The summed E-state index contributed by atoms with van der Waals surface area (Å²) in [6, 6.07) is -2.83. The average Bonchev–Trinajstić information content (AvgIpc) is 3.25. The number of carbonyl (C=O) groups excluding carboxylic acids is 3. The SMILES string of the molecule is CCC(C)C(NC(=O)CNC(=O)C(N)Cc1cnc[nH]1)C(=O)NC(CCSC)C(=O)O. The van der Waals surface area contributed by atoms with Gasteiger partial charge in [-0.05, 0) is 24.3 Å². The van der Waals surface area contributed by atoms with E-state index in [1.165, 1.54) is 18.1 Å². The van der Waals surface area contributed by atoms with Gasteiger partial charge in [0.05, 0.1) is 18.9 Å². The number of aromatic amines is 1. The first-order valence-corrected chi connectivity index (χ1v) is 11.4. The molecule has 0 aromatic carbocycles. The molecular weight excluding hydrogens is 424 g/mol. The van der Waals surface area contributed by atoms with Crippen LogP contribution in [0.4, 0.5) is 0 Å². The molecule has 0 fully saturated rings. The molecule has 0 aliphatic rings. The lowest BCUT2D eigenvalue weighted by Crippen LogP contribution is -2.56. The number of rotatable bonds is 14. The molecule has 1 heterocycles. The molecule has 0 saturated carbocycles. The maximum Gasteiger partial charge on any atom is 0.326 e. The van der Waals surface area contributed by atoms with Crippen molar-refractivity contribution < 1.29 is 24.3 Å². The number of carboxylic acid groups (broad SMARTS) is 1. The molecule has 0 bridgehead atoms. The minimum atomic E-state index is -1.13. The lowest BCUT2D eigenvalue weighted by molar-refractivity contribution is -0.142. The third kappa shape index (κ3) is 9.39. The Balaban J connectivity index is 2.63. The first kappa shape index (κ1) is 26.4. The Kier molecular flexibility index (Phi) is 11.6. The smallest absolute Gasteiger partial charge is 0.326 e. The van der Waals surface area contributed by atoms with Crippen molar-refractivity contribution in [1.82, 2.24) is 25.9 Å². The summed E-state index contributed by atoms with van der Waals surface area (Å²) in [5.74, 6) is -2.45. The number of hydrogen-bond donors (Lipinski definition) is 6.